The van der Waals surface area contributed by atoms with Crippen LogP contribution >= 0.6 is 0 Å². The van der Waals surface area contributed by atoms with Gasteiger partial charge in [-0.2, -0.15) is 5.10 Å². The van der Waals surface area contributed by atoms with Crippen molar-refractivity contribution in [3.63, 3.8) is 0 Å². The van der Waals surface area contributed by atoms with E-state index in [1.807, 2.05) is 6.92 Å². The van der Waals surface area contributed by atoms with E-state index in [0.29, 0.717) is 18.8 Å². The van der Waals surface area contributed by atoms with Crippen LogP contribution in [0.2, 0.25) is 0 Å². The largest absolute Gasteiger partial charge is 0.461 e. The highest BCUT2D eigenvalue weighted by Crippen LogP contribution is 2.11. The van der Waals surface area contributed by atoms with Gasteiger partial charge >= 0.3 is 12.1 Å². The molecule has 0 saturated heterocycles. The van der Waals surface area contributed by atoms with Gasteiger partial charge in [0, 0.05) is 12.7 Å². The zero-order chi connectivity index (χ0) is 16.0. The summed E-state index contributed by atoms with van der Waals surface area (Å²) in [5.41, 5.74) is -0.190. The molecule has 1 amide bonds. The van der Waals surface area contributed by atoms with Crippen molar-refractivity contribution in [1.29, 1.82) is 0 Å². The van der Waals surface area contributed by atoms with E-state index in [2.05, 4.69) is 10.4 Å². The molecule has 21 heavy (non-hydrogen) atoms. The predicted molar refractivity (Wildman–Crippen MR) is 77.1 cm³/mol. The number of hydrogen-bond acceptors (Lipinski definition) is 5. The molecule has 0 aliphatic rings. The Morgan fingerprint density at radius 1 is 1.43 bits per heavy atom. The van der Waals surface area contributed by atoms with Gasteiger partial charge in [-0.3, -0.25) is 4.68 Å². The lowest BCUT2D eigenvalue weighted by Gasteiger charge is -2.21. The first-order chi connectivity index (χ1) is 9.74. The fraction of sp³-hybridized carbons (Fsp3) is 0.643. The molecular formula is C14H23N3O4. The number of hydrogen-bond donors (Lipinski definition) is 1. The second kappa shape index (κ2) is 7.10. The lowest BCUT2D eigenvalue weighted by atomic mass is 10.2. The highest BCUT2D eigenvalue weighted by atomic mass is 16.6. The minimum Gasteiger partial charge on any atom is -0.461 e. The summed E-state index contributed by atoms with van der Waals surface area (Å²) in [4.78, 5) is 23.4. The number of amides is 1. The van der Waals surface area contributed by atoms with Crippen molar-refractivity contribution in [3.8, 4) is 0 Å². The topological polar surface area (TPSA) is 82.5 Å². The Hall–Kier alpha value is -2.05. The highest BCUT2D eigenvalue weighted by molar-refractivity contribution is 5.87. The summed E-state index contributed by atoms with van der Waals surface area (Å²) in [6, 6.07) is 1.38. The smallest absolute Gasteiger partial charge is 0.407 e. The Balaban J connectivity index is 2.61. The Bertz CT molecular complexity index is 491. The first-order valence-corrected chi connectivity index (χ1v) is 6.92. The molecule has 0 aromatic carbocycles. The Labute approximate surface area is 124 Å². The first kappa shape index (κ1) is 17.0. The minimum absolute atomic E-state index is 0.202. The van der Waals surface area contributed by atoms with Crippen molar-refractivity contribution in [1.82, 2.24) is 15.1 Å². The number of ether oxygens (including phenoxy) is 2. The van der Waals surface area contributed by atoms with Crippen molar-refractivity contribution >= 4 is 12.1 Å². The third-order valence-electron chi connectivity index (χ3n) is 2.51. The van der Waals surface area contributed by atoms with E-state index in [1.165, 1.54) is 10.9 Å². The molecule has 0 bridgehead atoms. The summed E-state index contributed by atoms with van der Waals surface area (Å²) < 4.78 is 11.6. The highest BCUT2D eigenvalue weighted by Gasteiger charge is 2.20. The molecule has 1 N–H and O–H groups in total. The molecule has 0 spiro atoms. The molecule has 1 atom stereocenters. The van der Waals surface area contributed by atoms with E-state index in [-0.39, 0.29) is 6.04 Å². The Kier molecular flexibility index (Phi) is 5.75. The number of aromatic nitrogens is 2. The van der Waals surface area contributed by atoms with Crippen LogP contribution in [0.1, 0.15) is 51.1 Å². The molecule has 0 radical (unpaired) electrons. The fourth-order valence-corrected chi connectivity index (χ4v) is 1.66. The van der Waals surface area contributed by atoms with E-state index in [4.69, 9.17) is 9.47 Å². The van der Waals surface area contributed by atoms with Gasteiger partial charge in [-0.15, -0.1) is 0 Å². The standard InChI is InChI=1S/C14H23N3O4/c1-6-20-12(18)11-7-8-16-17(11)10(2)9-15-13(19)21-14(3,4)5/h7-8,10H,6,9H2,1-5H3,(H,15,19)/t10-/m0/s1. The van der Waals surface area contributed by atoms with Crippen molar-refractivity contribution in [3.05, 3.63) is 18.0 Å². The third kappa shape index (κ3) is 5.45. The lowest BCUT2D eigenvalue weighted by molar-refractivity contribution is 0.0508. The van der Waals surface area contributed by atoms with Crippen molar-refractivity contribution in [2.75, 3.05) is 13.2 Å². The number of carbonyl (C=O) groups excluding carboxylic acids is 2. The first-order valence-electron chi connectivity index (χ1n) is 6.92. The number of esters is 1. The van der Waals surface area contributed by atoms with Crippen LogP contribution < -0.4 is 5.32 Å². The molecule has 0 aliphatic heterocycles. The minimum atomic E-state index is -0.547. The number of nitrogens with zero attached hydrogens (tertiary/aromatic N) is 2. The maximum atomic E-state index is 11.8. The molecular weight excluding hydrogens is 274 g/mol. The van der Waals surface area contributed by atoms with E-state index in [9.17, 15) is 9.59 Å². The average Bonchev–Trinajstić information content (AvgIpc) is 2.83. The summed E-state index contributed by atoms with van der Waals surface area (Å²) in [5, 5.41) is 6.75. The van der Waals surface area contributed by atoms with E-state index < -0.39 is 17.7 Å². The van der Waals surface area contributed by atoms with Gasteiger partial charge < -0.3 is 14.8 Å². The Morgan fingerprint density at radius 2 is 2.10 bits per heavy atom. The van der Waals surface area contributed by atoms with Gasteiger partial charge in [0.15, 0.2) is 0 Å². The van der Waals surface area contributed by atoms with Gasteiger partial charge in [-0.1, -0.05) is 0 Å². The maximum absolute atomic E-state index is 11.8. The van der Waals surface area contributed by atoms with Crippen LogP contribution in [0, 0.1) is 0 Å². The second-order valence-electron chi connectivity index (χ2n) is 5.61. The lowest BCUT2D eigenvalue weighted by Crippen LogP contribution is -2.36. The predicted octanol–water partition coefficient (Wildman–Crippen LogP) is 2.15. The van der Waals surface area contributed by atoms with Gasteiger partial charge in [0.25, 0.3) is 0 Å². The van der Waals surface area contributed by atoms with Crippen molar-refractivity contribution in [2.24, 2.45) is 0 Å². The van der Waals surface area contributed by atoms with Crippen LogP contribution in [-0.4, -0.2) is 40.6 Å². The van der Waals surface area contributed by atoms with E-state index in [0.717, 1.165) is 0 Å². The zero-order valence-corrected chi connectivity index (χ0v) is 13.2. The van der Waals surface area contributed by atoms with Gasteiger partial charge in [-0.05, 0) is 40.7 Å². The van der Waals surface area contributed by atoms with Gasteiger partial charge in [-0.25, -0.2) is 9.59 Å². The van der Waals surface area contributed by atoms with Crippen LogP contribution in [0.4, 0.5) is 4.79 Å². The summed E-state index contributed by atoms with van der Waals surface area (Å²) in [6.45, 7) is 9.56. The number of alkyl carbamates (subject to hydrolysis) is 1. The SMILES string of the molecule is CCOC(=O)c1ccnn1[C@@H](C)CNC(=O)OC(C)(C)C. The zero-order valence-electron chi connectivity index (χ0n) is 13.2. The van der Waals surface area contributed by atoms with Gasteiger partial charge in [0.2, 0.25) is 0 Å². The van der Waals surface area contributed by atoms with Crippen molar-refractivity contribution < 1.29 is 19.1 Å². The van der Waals surface area contributed by atoms with Crippen LogP contribution in [-0.2, 0) is 9.47 Å². The molecule has 118 valence electrons. The quantitative estimate of drug-likeness (QED) is 0.842. The Morgan fingerprint density at radius 3 is 2.67 bits per heavy atom. The number of rotatable bonds is 5. The summed E-state index contributed by atoms with van der Waals surface area (Å²) in [5.74, 6) is -0.431. The molecule has 1 rings (SSSR count). The molecule has 0 unspecified atom stereocenters. The second-order valence-corrected chi connectivity index (χ2v) is 5.61. The van der Waals surface area contributed by atoms with Gasteiger partial charge in [0.1, 0.15) is 11.3 Å². The summed E-state index contributed by atoms with van der Waals surface area (Å²) in [6.07, 6.45) is 1.02. The van der Waals surface area contributed by atoms with Crippen LogP contribution in [0.15, 0.2) is 12.3 Å². The molecule has 0 aliphatic carbocycles. The van der Waals surface area contributed by atoms with E-state index >= 15 is 0 Å². The molecule has 7 heteroatoms. The number of nitrogens with one attached hydrogen (secondary N) is 1. The van der Waals surface area contributed by atoms with Crippen LogP contribution in [0.25, 0.3) is 0 Å². The third-order valence-corrected chi connectivity index (χ3v) is 2.51. The maximum Gasteiger partial charge on any atom is 0.407 e. The van der Waals surface area contributed by atoms with Crippen molar-refractivity contribution in [2.45, 2.75) is 46.3 Å². The fourth-order valence-electron chi connectivity index (χ4n) is 1.66. The molecule has 1 aromatic heterocycles. The summed E-state index contributed by atoms with van der Waals surface area (Å²) >= 11 is 0. The van der Waals surface area contributed by atoms with Crippen LogP contribution in [0.5, 0.6) is 0 Å². The molecule has 1 aromatic rings. The molecule has 0 saturated carbocycles. The van der Waals surface area contributed by atoms with Gasteiger partial charge in [0.05, 0.1) is 12.6 Å². The molecule has 7 nitrogen and oxygen atoms in total. The normalized spacial score (nSPS) is 12.6. The number of carbonyl (C=O) groups is 2. The summed E-state index contributed by atoms with van der Waals surface area (Å²) in [7, 11) is 0. The molecule has 1 heterocycles. The monoisotopic (exact) mass is 297 g/mol. The molecule has 0 fully saturated rings. The van der Waals surface area contributed by atoms with Crippen LogP contribution in [0.3, 0.4) is 0 Å². The van der Waals surface area contributed by atoms with E-state index in [1.54, 1.807) is 33.8 Å². The average molecular weight is 297 g/mol.